The summed E-state index contributed by atoms with van der Waals surface area (Å²) in [6, 6.07) is 27.0. The first-order valence-corrected chi connectivity index (χ1v) is 9.41. The Morgan fingerprint density at radius 2 is 1.52 bits per heavy atom. The smallest absolute Gasteiger partial charge is 0.120 e. The number of rotatable bonds is 6. The molecule has 1 aliphatic heterocycles. The van der Waals surface area contributed by atoms with Gasteiger partial charge in [-0.15, -0.1) is 0 Å². The highest BCUT2D eigenvalue weighted by molar-refractivity contribution is 5.39. The van der Waals surface area contributed by atoms with E-state index >= 15 is 0 Å². The molecule has 27 heavy (non-hydrogen) atoms. The Morgan fingerprint density at radius 3 is 2.22 bits per heavy atom. The van der Waals surface area contributed by atoms with Crippen molar-refractivity contribution in [2.45, 2.75) is 25.9 Å². The lowest BCUT2D eigenvalue weighted by molar-refractivity contribution is 0.00832. The summed E-state index contributed by atoms with van der Waals surface area (Å²) in [6.45, 7) is 3.03. The van der Waals surface area contributed by atoms with Crippen LogP contribution >= 0.6 is 0 Å². The number of benzene rings is 3. The predicted octanol–water partition coefficient (Wildman–Crippen LogP) is 4.97. The molecule has 3 aromatic carbocycles. The van der Waals surface area contributed by atoms with Crippen molar-refractivity contribution in [3.8, 4) is 5.75 Å². The van der Waals surface area contributed by atoms with Crippen LogP contribution in [-0.4, -0.2) is 18.5 Å². The van der Waals surface area contributed by atoms with Gasteiger partial charge in [0.1, 0.15) is 12.4 Å². The highest BCUT2D eigenvalue weighted by Crippen LogP contribution is 2.32. The molecule has 1 aliphatic rings. The molecular weight excluding hydrogens is 334 g/mol. The van der Waals surface area contributed by atoms with Crippen molar-refractivity contribution in [1.29, 1.82) is 0 Å². The van der Waals surface area contributed by atoms with Crippen LogP contribution < -0.4 is 4.74 Å². The maximum absolute atomic E-state index is 6.29. The first kappa shape index (κ1) is 17.8. The summed E-state index contributed by atoms with van der Waals surface area (Å²) in [5.74, 6) is 0.899. The van der Waals surface area contributed by atoms with Crippen molar-refractivity contribution in [2.24, 2.45) is 0 Å². The lowest BCUT2D eigenvalue weighted by atomic mass is 9.97. The topological polar surface area (TPSA) is 21.7 Å². The molecule has 4 rings (SSSR count). The van der Waals surface area contributed by atoms with Crippen molar-refractivity contribution < 1.29 is 9.47 Å². The minimum atomic E-state index is 0.0548. The second kappa shape index (κ2) is 8.38. The zero-order chi connectivity index (χ0) is 18.5. The van der Waals surface area contributed by atoms with Gasteiger partial charge in [-0.25, -0.2) is 0 Å². The van der Waals surface area contributed by atoms with Gasteiger partial charge in [-0.1, -0.05) is 66.7 Å². The molecule has 0 unspecified atom stereocenters. The third-order valence-electron chi connectivity index (χ3n) is 4.92. The van der Waals surface area contributed by atoms with Gasteiger partial charge in [-0.05, 0) is 41.4 Å². The van der Waals surface area contributed by atoms with Gasteiger partial charge in [-0.3, -0.25) is 4.90 Å². The molecule has 0 amide bonds. The minimum Gasteiger partial charge on any atom is -0.489 e. The van der Waals surface area contributed by atoms with E-state index in [9.17, 15) is 0 Å². The van der Waals surface area contributed by atoms with Crippen LogP contribution in [-0.2, 0) is 24.5 Å². The van der Waals surface area contributed by atoms with Crippen LogP contribution in [0.25, 0.3) is 0 Å². The van der Waals surface area contributed by atoms with E-state index in [1.165, 1.54) is 22.3 Å². The largest absolute Gasteiger partial charge is 0.489 e. The monoisotopic (exact) mass is 359 g/mol. The molecule has 0 spiro atoms. The first-order valence-electron chi connectivity index (χ1n) is 9.41. The highest BCUT2D eigenvalue weighted by atomic mass is 16.5. The lowest BCUT2D eigenvalue weighted by Crippen LogP contribution is -2.31. The zero-order valence-electron chi connectivity index (χ0n) is 15.7. The summed E-state index contributed by atoms with van der Waals surface area (Å²) in [7, 11) is 2.14. The Bertz CT molecular complexity index is 864. The van der Waals surface area contributed by atoms with Crippen LogP contribution in [0, 0.1) is 0 Å². The molecule has 0 bridgehead atoms. The Morgan fingerprint density at radius 1 is 0.852 bits per heavy atom. The molecule has 3 aromatic rings. The molecule has 1 heterocycles. The second-order valence-electron chi connectivity index (χ2n) is 7.12. The Balaban J connectivity index is 1.48. The van der Waals surface area contributed by atoms with E-state index in [0.29, 0.717) is 13.2 Å². The fraction of sp³-hybridized carbons (Fsp3) is 0.250. The lowest BCUT2D eigenvalue weighted by Gasteiger charge is -2.32. The van der Waals surface area contributed by atoms with Crippen molar-refractivity contribution >= 4 is 0 Å². The molecule has 138 valence electrons. The van der Waals surface area contributed by atoms with Crippen LogP contribution in [0.3, 0.4) is 0 Å². The molecule has 3 nitrogen and oxygen atoms in total. The first-order chi connectivity index (χ1) is 13.3. The summed E-state index contributed by atoms with van der Waals surface area (Å²) < 4.78 is 12.3. The van der Waals surface area contributed by atoms with E-state index in [0.717, 1.165) is 18.8 Å². The van der Waals surface area contributed by atoms with Crippen molar-refractivity contribution in [3.05, 3.63) is 101 Å². The number of ether oxygens (including phenoxy) is 2. The number of hydrogen-bond donors (Lipinski definition) is 0. The molecule has 0 fully saturated rings. The Labute approximate surface area is 161 Å². The predicted molar refractivity (Wildman–Crippen MR) is 108 cm³/mol. The van der Waals surface area contributed by atoms with Crippen LogP contribution in [0.15, 0.2) is 78.9 Å². The Kier molecular flexibility index (Phi) is 5.52. The van der Waals surface area contributed by atoms with Gasteiger partial charge in [0.15, 0.2) is 0 Å². The molecule has 0 saturated heterocycles. The van der Waals surface area contributed by atoms with E-state index in [-0.39, 0.29) is 6.10 Å². The SMILES string of the molecule is CN1Cc2ccc(OCc3ccccc3)cc2[C@@H](OCc2ccccc2)C1. The molecule has 0 aromatic heterocycles. The summed E-state index contributed by atoms with van der Waals surface area (Å²) in [4.78, 5) is 2.31. The van der Waals surface area contributed by atoms with Crippen LogP contribution in [0.2, 0.25) is 0 Å². The number of nitrogens with zero attached hydrogens (tertiary/aromatic N) is 1. The average Bonchev–Trinajstić information content (AvgIpc) is 2.72. The Hall–Kier alpha value is -2.62. The normalized spacial score (nSPS) is 16.7. The summed E-state index contributed by atoms with van der Waals surface area (Å²) in [5, 5.41) is 0. The molecule has 0 aliphatic carbocycles. The highest BCUT2D eigenvalue weighted by Gasteiger charge is 2.24. The second-order valence-corrected chi connectivity index (χ2v) is 7.12. The van der Waals surface area contributed by atoms with Gasteiger partial charge in [-0.2, -0.15) is 0 Å². The maximum atomic E-state index is 6.29. The number of fused-ring (bicyclic) bond motifs is 1. The molecular formula is C24H25NO2. The van der Waals surface area contributed by atoms with Crippen LogP contribution in [0.5, 0.6) is 5.75 Å². The quantitative estimate of drug-likeness (QED) is 0.620. The van der Waals surface area contributed by atoms with Gasteiger partial charge in [0, 0.05) is 13.1 Å². The van der Waals surface area contributed by atoms with Crippen LogP contribution in [0.1, 0.15) is 28.4 Å². The molecule has 0 radical (unpaired) electrons. The van der Waals surface area contributed by atoms with Crippen molar-refractivity contribution in [2.75, 3.05) is 13.6 Å². The summed E-state index contributed by atoms with van der Waals surface area (Å²) >= 11 is 0. The van der Waals surface area contributed by atoms with Gasteiger partial charge in [0.05, 0.1) is 12.7 Å². The van der Waals surface area contributed by atoms with E-state index < -0.39 is 0 Å². The fourth-order valence-corrected chi connectivity index (χ4v) is 3.50. The van der Waals surface area contributed by atoms with Crippen LogP contribution in [0.4, 0.5) is 0 Å². The minimum absolute atomic E-state index is 0.0548. The van der Waals surface area contributed by atoms with Gasteiger partial charge < -0.3 is 9.47 Å². The van der Waals surface area contributed by atoms with Crippen molar-refractivity contribution in [3.63, 3.8) is 0 Å². The van der Waals surface area contributed by atoms with Gasteiger partial charge in [0.25, 0.3) is 0 Å². The van der Waals surface area contributed by atoms with E-state index in [4.69, 9.17) is 9.47 Å². The third-order valence-corrected chi connectivity index (χ3v) is 4.92. The maximum Gasteiger partial charge on any atom is 0.120 e. The summed E-state index contributed by atoms with van der Waals surface area (Å²) in [5.41, 5.74) is 4.93. The van der Waals surface area contributed by atoms with E-state index in [1.54, 1.807) is 0 Å². The molecule has 3 heteroatoms. The number of hydrogen-bond acceptors (Lipinski definition) is 3. The molecule has 1 atom stereocenters. The molecule has 0 N–H and O–H groups in total. The summed E-state index contributed by atoms with van der Waals surface area (Å²) in [6.07, 6.45) is 0.0548. The molecule has 0 saturated carbocycles. The van der Waals surface area contributed by atoms with Crippen molar-refractivity contribution in [1.82, 2.24) is 4.90 Å². The number of likely N-dealkylation sites (N-methyl/N-ethyl adjacent to an activating group) is 1. The zero-order valence-corrected chi connectivity index (χ0v) is 15.7. The third kappa shape index (κ3) is 4.57. The van der Waals surface area contributed by atoms with Gasteiger partial charge in [0.2, 0.25) is 0 Å². The fourth-order valence-electron chi connectivity index (χ4n) is 3.50. The van der Waals surface area contributed by atoms with Gasteiger partial charge >= 0.3 is 0 Å². The van der Waals surface area contributed by atoms with E-state index in [1.807, 2.05) is 24.3 Å². The van der Waals surface area contributed by atoms with E-state index in [2.05, 4.69) is 66.5 Å². The average molecular weight is 359 g/mol. The standard InChI is InChI=1S/C24H25NO2/c1-25-15-21-12-13-22(26-17-19-8-4-2-5-9-19)14-23(21)24(16-25)27-18-20-10-6-3-7-11-20/h2-14,24H,15-18H2,1H3/t24-/m0/s1.